The number of fused-ring (bicyclic) bond motifs is 9. The molecule has 4 heteroatoms. The van der Waals surface area contributed by atoms with Crippen LogP contribution in [0.15, 0.2) is 73.1 Å². The maximum Gasteiger partial charge on any atom is 0.165 e. The van der Waals surface area contributed by atoms with Crippen LogP contribution in [0.1, 0.15) is 0 Å². The molecule has 6 aromatic rings. The number of hydrogen-bond donors (Lipinski definition) is 0. The first-order valence-corrected chi connectivity index (χ1v) is 8.22. The highest BCUT2D eigenvalue weighted by molar-refractivity contribution is 6.15. The van der Waals surface area contributed by atoms with Crippen LogP contribution in [0.2, 0.25) is 0 Å². The SMILES string of the molecule is c1ccc2cc3c(cc2c1)c1nccnc1n1c2ccccc2nc31. The van der Waals surface area contributed by atoms with Gasteiger partial charge in [-0.3, -0.25) is 9.38 Å². The summed E-state index contributed by atoms with van der Waals surface area (Å²) in [6.07, 6.45) is 3.49. The Bertz CT molecular complexity index is 1450. The van der Waals surface area contributed by atoms with Crippen LogP contribution < -0.4 is 0 Å². The van der Waals surface area contributed by atoms with Gasteiger partial charge in [-0.25, -0.2) is 9.97 Å². The topological polar surface area (TPSA) is 43.1 Å². The largest absolute Gasteiger partial charge is 0.274 e. The lowest BCUT2D eigenvalue weighted by molar-refractivity contribution is 1.19. The van der Waals surface area contributed by atoms with Gasteiger partial charge in [-0.15, -0.1) is 0 Å². The Hall–Kier alpha value is -3.53. The zero-order chi connectivity index (χ0) is 16.4. The van der Waals surface area contributed by atoms with Gasteiger partial charge in [-0.2, -0.15) is 0 Å². The van der Waals surface area contributed by atoms with Gasteiger partial charge < -0.3 is 0 Å². The Labute approximate surface area is 142 Å². The second-order valence-corrected chi connectivity index (χ2v) is 6.23. The predicted octanol–water partition coefficient (Wildman–Crippen LogP) is 4.74. The standard InChI is InChI=1S/C21H12N4/c1-2-6-14-12-16-15(11-13(14)5-1)19-21(23-10-9-22-19)25-18-8-4-3-7-17(18)24-20(16)25/h1-12H. The highest BCUT2D eigenvalue weighted by Crippen LogP contribution is 2.32. The zero-order valence-corrected chi connectivity index (χ0v) is 13.2. The molecule has 3 heterocycles. The number of benzene rings is 3. The monoisotopic (exact) mass is 320 g/mol. The van der Waals surface area contributed by atoms with Crippen molar-refractivity contribution in [3.8, 4) is 0 Å². The molecule has 0 fully saturated rings. The first kappa shape index (κ1) is 12.8. The average molecular weight is 320 g/mol. The fourth-order valence-corrected chi connectivity index (χ4v) is 3.73. The number of para-hydroxylation sites is 2. The van der Waals surface area contributed by atoms with Crippen molar-refractivity contribution in [2.24, 2.45) is 0 Å². The van der Waals surface area contributed by atoms with Crippen molar-refractivity contribution in [3.63, 3.8) is 0 Å². The van der Waals surface area contributed by atoms with Gasteiger partial charge in [0, 0.05) is 23.2 Å². The van der Waals surface area contributed by atoms with Crippen LogP contribution in [-0.4, -0.2) is 19.4 Å². The number of rotatable bonds is 0. The lowest BCUT2D eigenvalue weighted by Crippen LogP contribution is -1.95. The number of imidazole rings is 1. The third-order valence-electron chi connectivity index (χ3n) is 4.83. The quantitative estimate of drug-likeness (QED) is 0.300. The van der Waals surface area contributed by atoms with Gasteiger partial charge >= 0.3 is 0 Å². The molecule has 0 atom stereocenters. The molecule has 3 aromatic heterocycles. The van der Waals surface area contributed by atoms with Crippen LogP contribution in [-0.2, 0) is 0 Å². The predicted molar refractivity (Wildman–Crippen MR) is 101 cm³/mol. The summed E-state index contributed by atoms with van der Waals surface area (Å²) < 4.78 is 2.12. The molecule has 0 unspecified atom stereocenters. The first-order chi connectivity index (χ1) is 12.4. The Balaban J connectivity index is 2.01. The maximum absolute atomic E-state index is 4.90. The highest BCUT2D eigenvalue weighted by atomic mass is 15.1. The molecule has 0 aliphatic heterocycles. The van der Waals surface area contributed by atoms with E-state index in [1.54, 1.807) is 12.4 Å². The fourth-order valence-electron chi connectivity index (χ4n) is 3.73. The zero-order valence-electron chi connectivity index (χ0n) is 13.2. The van der Waals surface area contributed by atoms with Crippen molar-refractivity contribution < 1.29 is 0 Å². The minimum atomic E-state index is 0.842. The molecule has 116 valence electrons. The first-order valence-electron chi connectivity index (χ1n) is 8.22. The van der Waals surface area contributed by atoms with E-state index in [1.165, 1.54) is 10.8 Å². The molecule has 0 aliphatic carbocycles. The second kappa shape index (κ2) is 4.51. The molecule has 25 heavy (non-hydrogen) atoms. The van der Waals surface area contributed by atoms with Crippen LogP contribution in [0, 0.1) is 0 Å². The summed E-state index contributed by atoms with van der Waals surface area (Å²) in [6, 6.07) is 21.0. The molecule has 0 aliphatic rings. The summed E-state index contributed by atoms with van der Waals surface area (Å²) >= 11 is 0. The van der Waals surface area contributed by atoms with E-state index < -0.39 is 0 Å². The molecule has 0 spiro atoms. The van der Waals surface area contributed by atoms with E-state index in [0.717, 1.165) is 38.6 Å². The summed E-state index contributed by atoms with van der Waals surface area (Å²) in [7, 11) is 0. The van der Waals surface area contributed by atoms with E-state index in [2.05, 4.69) is 56.8 Å². The molecule has 6 rings (SSSR count). The van der Waals surface area contributed by atoms with E-state index in [1.807, 2.05) is 18.2 Å². The molecule has 0 radical (unpaired) electrons. The van der Waals surface area contributed by atoms with E-state index in [9.17, 15) is 0 Å². The third kappa shape index (κ3) is 1.63. The Morgan fingerprint density at radius 1 is 0.680 bits per heavy atom. The third-order valence-corrected chi connectivity index (χ3v) is 4.83. The molecule has 0 saturated heterocycles. The van der Waals surface area contributed by atoms with Crippen molar-refractivity contribution in [1.82, 2.24) is 19.4 Å². The molecule has 0 bridgehead atoms. The number of pyridine rings is 1. The van der Waals surface area contributed by atoms with Crippen LogP contribution in [0.5, 0.6) is 0 Å². The summed E-state index contributed by atoms with van der Waals surface area (Å²) in [5.74, 6) is 0. The van der Waals surface area contributed by atoms with Crippen LogP contribution in [0.3, 0.4) is 0 Å². The van der Waals surface area contributed by atoms with Crippen LogP contribution in [0.4, 0.5) is 0 Å². The summed E-state index contributed by atoms with van der Waals surface area (Å²) in [6.45, 7) is 0. The molecule has 3 aromatic carbocycles. The van der Waals surface area contributed by atoms with Gasteiger partial charge in [0.1, 0.15) is 11.2 Å². The minimum absolute atomic E-state index is 0.842. The van der Waals surface area contributed by atoms with E-state index in [-0.39, 0.29) is 0 Å². The van der Waals surface area contributed by atoms with Gasteiger partial charge in [-0.1, -0.05) is 36.4 Å². The Morgan fingerprint density at radius 3 is 2.28 bits per heavy atom. The van der Waals surface area contributed by atoms with Gasteiger partial charge in [0.15, 0.2) is 5.65 Å². The van der Waals surface area contributed by atoms with Crippen LogP contribution in [0.25, 0.3) is 49.4 Å². The summed E-state index contributed by atoms with van der Waals surface area (Å²) in [5.41, 5.74) is 4.69. The number of nitrogens with zero attached hydrogens (tertiary/aromatic N) is 4. The molecular formula is C21H12N4. The average Bonchev–Trinajstić information content (AvgIpc) is 3.07. The smallest absolute Gasteiger partial charge is 0.165 e. The second-order valence-electron chi connectivity index (χ2n) is 6.23. The van der Waals surface area contributed by atoms with Crippen molar-refractivity contribution in [3.05, 3.63) is 73.1 Å². The molecule has 0 amide bonds. The Morgan fingerprint density at radius 2 is 1.40 bits per heavy atom. The maximum atomic E-state index is 4.90. The molecular weight excluding hydrogens is 308 g/mol. The summed E-state index contributed by atoms with van der Waals surface area (Å²) in [5, 5.41) is 4.59. The molecule has 0 saturated carbocycles. The Kier molecular flexibility index (Phi) is 2.32. The van der Waals surface area contributed by atoms with Crippen molar-refractivity contribution >= 4 is 49.4 Å². The molecule has 0 N–H and O–H groups in total. The summed E-state index contributed by atoms with van der Waals surface area (Å²) in [4.78, 5) is 14.2. The van der Waals surface area contributed by atoms with Crippen molar-refractivity contribution in [2.45, 2.75) is 0 Å². The van der Waals surface area contributed by atoms with Gasteiger partial charge in [0.25, 0.3) is 0 Å². The van der Waals surface area contributed by atoms with Gasteiger partial charge in [-0.05, 0) is 35.0 Å². The van der Waals surface area contributed by atoms with E-state index >= 15 is 0 Å². The fraction of sp³-hybridized carbons (Fsp3) is 0. The van der Waals surface area contributed by atoms with Crippen molar-refractivity contribution in [2.75, 3.05) is 0 Å². The van der Waals surface area contributed by atoms with E-state index in [4.69, 9.17) is 4.98 Å². The number of hydrogen-bond acceptors (Lipinski definition) is 3. The van der Waals surface area contributed by atoms with Crippen molar-refractivity contribution in [1.29, 1.82) is 0 Å². The lowest BCUT2D eigenvalue weighted by Gasteiger charge is -2.08. The van der Waals surface area contributed by atoms with E-state index in [0.29, 0.717) is 0 Å². The molecule has 4 nitrogen and oxygen atoms in total. The highest BCUT2D eigenvalue weighted by Gasteiger charge is 2.15. The number of aromatic nitrogens is 4. The normalized spacial score (nSPS) is 12.0. The lowest BCUT2D eigenvalue weighted by atomic mass is 10.0. The minimum Gasteiger partial charge on any atom is -0.274 e. The van der Waals surface area contributed by atoms with Crippen LogP contribution >= 0.6 is 0 Å². The van der Waals surface area contributed by atoms with Gasteiger partial charge in [0.2, 0.25) is 0 Å². The van der Waals surface area contributed by atoms with Gasteiger partial charge in [0.05, 0.1) is 11.0 Å².